The van der Waals surface area contributed by atoms with Crippen LogP contribution in [0.3, 0.4) is 0 Å². The molecule has 0 saturated carbocycles. The largest absolute Gasteiger partial charge is 0.339 e. The van der Waals surface area contributed by atoms with Crippen LogP contribution in [0, 0.1) is 0 Å². The SMILES string of the molecule is CCC1CCCCN1c1nccc(Nc2ccc(Cl)cc2Cl)n1. The van der Waals surface area contributed by atoms with Crippen molar-refractivity contribution >= 4 is 40.7 Å². The fourth-order valence-electron chi connectivity index (χ4n) is 2.97. The second kappa shape index (κ2) is 7.37. The second-order valence-corrected chi connectivity index (χ2v) is 6.59. The normalized spacial score (nSPS) is 18.0. The van der Waals surface area contributed by atoms with Crippen LogP contribution in [0.2, 0.25) is 10.0 Å². The monoisotopic (exact) mass is 350 g/mol. The Bertz CT molecular complexity index is 677. The summed E-state index contributed by atoms with van der Waals surface area (Å²) in [6, 6.07) is 7.74. The standard InChI is InChI=1S/C17H20Cl2N4/c1-2-13-5-3-4-10-23(13)17-20-9-8-16(22-17)21-15-7-6-12(18)11-14(15)19/h6-9,11,13H,2-5,10H2,1H3,(H,20,21,22). The molecule has 1 saturated heterocycles. The van der Waals surface area contributed by atoms with Gasteiger partial charge >= 0.3 is 0 Å². The van der Waals surface area contributed by atoms with E-state index in [-0.39, 0.29) is 0 Å². The molecule has 0 radical (unpaired) electrons. The summed E-state index contributed by atoms with van der Waals surface area (Å²) in [4.78, 5) is 11.4. The Hall–Kier alpha value is -1.52. The first-order valence-corrected chi connectivity index (χ1v) is 8.74. The van der Waals surface area contributed by atoms with Gasteiger partial charge in [0.2, 0.25) is 5.95 Å². The fourth-order valence-corrected chi connectivity index (χ4v) is 3.43. The van der Waals surface area contributed by atoms with Crippen LogP contribution in [0.1, 0.15) is 32.6 Å². The summed E-state index contributed by atoms with van der Waals surface area (Å²) in [7, 11) is 0. The summed E-state index contributed by atoms with van der Waals surface area (Å²) >= 11 is 12.1. The third-order valence-corrected chi connectivity index (χ3v) is 4.74. The van der Waals surface area contributed by atoms with E-state index in [9.17, 15) is 0 Å². The van der Waals surface area contributed by atoms with E-state index in [0.717, 1.165) is 30.4 Å². The molecule has 1 aliphatic heterocycles. The zero-order valence-electron chi connectivity index (χ0n) is 13.1. The van der Waals surface area contributed by atoms with Gasteiger partial charge in [0, 0.05) is 23.8 Å². The molecule has 0 amide bonds. The number of hydrogen-bond donors (Lipinski definition) is 1. The van der Waals surface area contributed by atoms with Gasteiger partial charge in [0.1, 0.15) is 5.82 Å². The highest BCUT2D eigenvalue weighted by atomic mass is 35.5. The average molecular weight is 351 g/mol. The molecule has 1 N–H and O–H groups in total. The van der Waals surface area contributed by atoms with Crippen LogP contribution in [-0.4, -0.2) is 22.6 Å². The van der Waals surface area contributed by atoms with Crippen molar-refractivity contribution in [2.45, 2.75) is 38.6 Å². The molecule has 23 heavy (non-hydrogen) atoms. The number of aromatic nitrogens is 2. The van der Waals surface area contributed by atoms with E-state index in [2.05, 4.69) is 27.1 Å². The molecule has 2 aromatic rings. The van der Waals surface area contributed by atoms with Gasteiger partial charge in [-0.2, -0.15) is 4.98 Å². The number of rotatable bonds is 4. The van der Waals surface area contributed by atoms with E-state index < -0.39 is 0 Å². The molecule has 0 aliphatic carbocycles. The summed E-state index contributed by atoms with van der Waals surface area (Å²) in [5.41, 5.74) is 0.784. The Morgan fingerprint density at radius 3 is 2.91 bits per heavy atom. The number of hydrogen-bond acceptors (Lipinski definition) is 4. The summed E-state index contributed by atoms with van der Waals surface area (Å²) in [5.74, 6) is 1.52. The van der Waals surface area contributed by atoms with Gasteiger partial charge in [0.15, 0.2) is 0 Å². The summed E-state index contributed by atoms with van der Waals surface area (Å²) in [6.45, 7) is 3.24. The molecule has 1 aromatic carbocycles. The molecule has 1 aliphatic rings. The fraction of sp³-hybridized carbons (Fsp3) is 0.412. The molecular formula is C17H20Cl2N4. The van der Waals surface area contributed by atoms with Gasteiger partial charge in [-0.05, 0) is 49.9 Å². The summed E-state index contributed by atoms with van der Waals surface area (Å²) < 4.78 is 0. The molecule has 3 rings (SSSR count). The third-order valence-electron chi connectivity index (χ3n) is 4.19. The van der Waals surface area contributed by atoms with E-state index in [1.165, 1.54) is 19.3 Å². The van der Waals surface area contributed by atoms with Gasteiger partial charge in [-0.15, -0.1) is 0 Å². The van der Waals surface area contributed by atoms with E-state index >= 15 is 0 Å². The first-order valence-electron chi connectivity index (χ1n) is 7.99. The van der Waals surface area contributed by atoms with E-state index in [1.54, 1.807) is 18.3 Å². The van der Waals surface area contributed by atoms with Gasteiger partial charge in [-0.1, -0.05) is 30.1 Å². The number of nitrogens with zero attached hydrogens (tertiary/aromatic N) is 3. The smallest absolute Gasteiger partial charge is 0.227 e. The maximum atomic E-state index is 6.21. The zero-order chi connectivity index (χ0) is 16.2. The van der Waals surface area contributed by atoms with E-state index in [0.29, 0.717) is 16.1 Å². The molecule has 6 heteroatoms. The zero-order valence-corrected chi connectivity index (χ0v) is 14.6. The molecular weight excluding hydrogens is 331 g/mol. The van der Waals surface area contributed by atoms with Crippen molar-refractivity contribution in [3.63, 3.8) is 0 Å². The van der Waals surface area contributed by atoms with Crippen molar-refractivity contribution in [1.29, 1.82) is 0 Å². The lowest BCUT2D eigenvalue weighted by Gasteiger charge is -2.35. The van der Waals surface area contributed by atoms with Crippen molar-refractivity contribution in [3.05, 3.63) is 40.5 Å². The Balaban J connectivity index is 1.82. The first-order chi connectivity index (χ1) is 11.2. The maximum absolute atomic E-state index is 6.21. The minimum absolute atomic E-state index is 0.526. The molecule has 0 bridgehead atoms. The minimum Gasteiger partial charge on any atom is -0.339 e. The Morgan fingerprint density at radius 2 is 2.13 bits per heavy atom. The number of nitrogens with one attached hydrogen (secondary N) is 1. The number of anilines is 3. The maximum Gasteiger partial charge on any atom is 0.227 e. The van der Waals surface area contributed by atoms with Crippen LogP contribution in [0.25, 0.3) is 0 Å². The van der Waals surface area contributed by atoms with Crippen molar-refractivity contribution in [1.82, 2.24) is 9.97 Å². The molecule has 1 fully saturated rings. The molecule has 122 valence electrons. The lowest BCUT2D eigenvalue weighted by molar-refractivity contribution is 0.443. The van der Waals surface area contributed by atoms with E-state index in [1.807, 2.05) is 12.1 Å². The molecule has 1 aromatic heterocycles. The minimum atomic E-state index is 0.526. The van der Waals surface area contributed by atoms with Gasteiger partial charge in [-0.25, -0.2) is 4.98 Å². The van der Waals surface area contributed by atoms with Gasteiger partial charge < -0.3 is 10.2 Å². The van der Waals surface area contributed by atoms with Crippen molar-refractivity contribution in [2.24, 2.45) is 0 Å². The highest BCUT2D eigenvalue weighted by Crippen LogP contribution is 2.29. The van der Waals surface area contributed by atoms with Crippen LogP contribution in [0.5, 0.6) is 0 Å². The van der Waals surface area contributed by atoms with Crippen molar-refractivity contribution < 1.29 is 0 Å². The highest BCUT2D eigenvalue weighted by Gasteiger charge is 2.23. The lowest BCUT2D eigenvalue weighted by Crippen LogP contribution is -2.40. The predicted octanol–water partition coefficient (Wildman–Crippen LogP) is 5.30. The quantitative estimate of drug-likeness (QED) is 0.812. The highest BCUT2D eigenvalue weighted by molar-refractivity contribution is 6.36. The summed E-state index contributed by atoms with van der Waals surface area (Å²) in [6.07, 6.45) is 6.59. The van der Waals surface area contributed by atoms with Crippen molar-refractivity contribution in [3.8, 4) is 0 Å². The predicted molar refractivity (Wildman–Crippen MR) is 97.1 cm³/mol. The van der Waals surface area contributed by atoms with Gasteiger partial charge in [0.25, 0.3) is 0 Å². The lowest BCUT2D eigenvalue weighted by atomic mass is 10.0. The molecule has 1 atom stereocenters. The van der Waals surface area contributed by atoms with Crippen LogP contribution in [-0.2, 0) is 0 Å². The second-order valence-electron chi connectivity index (χ2n) is 5.74. The Labute approximate surface area is 146 Å². The first kappa shape index (κ1) is 16.3. The average Bonchev–Trinajstić information content (AvgIpc) is 2.58. The Kier molecular flexibility index (Phi) is 5.23. The Morgan fingerprint density at radius 1 is 1.26 bits per heavy atom. The number of benzene rings is 1. The van der Waals surface area contributed by atoms with Crippen LogP contribution in [0.4, 0.5) is 17.5 Å². The number of halogens is 2. The topological polar surface area (TPSA) is 41.1 Å². The van der Waals surface area contributed by atoms with Gasteiger partial charge in [-0.3, -0.25) is 0 Å². The van der Waals surface area contributed by atoms with Crippen LogP contribution < -0.4 is 10.2 Å². The van der Waals surface area contributed by atoms with E-state index in [4.69, 9.17) is 23.2 Å². The number of piperidine rings is 1. The van der Waals surface area contributed by atoms with Crippen LogP contribution >= 0.6 is 23.2 Å². The van der Waals surface area contributed by atoms with Crippen molar-refractivity contribution in [2.75, 3.05) is 16.8 Å². The third kappa shape index (κ3) is 3.88. The van der Waals surface area contributed by atoms with Gasteiger partial charge in [0.05, 0.1) is 10.7 Å². The molecule has 1 unspecified atom stereocenters. The molecule has 2 heterocycles. The molecule has 0 spiro atoms. The molecule has 4 nitrogen and oxygen atoms in total. The van der Waals surface area contributed by atoms with Crippen LogP contribution in [0.15, 0.2) is 30.5 Å². The summed E-state index contributed by atoms with van der Waals surface area (Å²) in [5, 5.41) is 4.43.